The number of carbonyl (C=O) groups excluding carboxylic acids is 1. The zero-order valence-corrected chi connectivity index (χ0v) is 15.6. The summed E-state index contributed by atoms with van der Waals surface area (Å²) in [6.07, 6.45) is -0.843. The molecule has 0 aliphatic carbocycles. The molecule has 146 valence electrons. The molecule has 0 spiro atoms. The largest absolute Gasteiger partial charge is 0.394 e. The predicted octanol–water partition coefficient (Wildman–Crippen LogP) is 0.391. The van der Waals surface area contributed by atoms with Crippen LogP contribution in [0.2, 0.25) is 0 Å². The van der Waals surface area contributed by atoms with Crippen LogP contribution >= 0.6 is 11.8 Å². The summed E-state index contributed by atoms with van der Waals surface area (Å²) in [4.78, 5) is 27.9. The second-order valence-corrected chi connectivity index (χ2v) is 7.04. The van der Waals surface area contributed by atoms with Crippen LogP contribution in [0.1, 0.15) is 28.6 Å². The van der Waals surface area contributed by atoms with E-state index in [1.807, 2.05) is 6.07 Å². The Hall–Kier alpha value is -2.64. The van der Waals surface area contributed by atoms with E-state index in [1.165, 1.54) is 10.8 Å². The van der Waals surface area contributed by atoms with Gasteiger partial charge in [-0.3, -0.25) is 9.36 Å². The highest BCUT2D eigenvalue weighted by molar-refractivity contribution is 8.14. The van der Waals surface area contributed by atoms with E-state index in [1.54, 1.807) is 24.3 Å². The summed E-state index contributed by atoms with van der Waals surface area (Å²) >= 11 is 1.06. The van der Waals surface area contributed by atoms with E-state index >= 15 is 0 Å². The third-order valence-electron chi connectivity index (χ3n) is 4.18. The fraction of sp³-hybridized carbons (Fsp3) is 0.316. The number of ether oxygens (including phenoxy) is 1. The lowest BCUT2D eigenvalue weighted by atomic mass is 10.2. The summed E-state index contributed by atoms with van der Waals surface area (Å²) in [6.45, 7) is -0.353. The number of anilines is 1. The minimum Gasteiger partial charge on any atom is -0.394 e. The molecule has 8 nitrogen and oxygen atoms in total. The molecule has 2 aromatic rings. The van der Waals surface area contributed by atoms with Crippen molar-refractivity contribution < 1.29 is 19.7 Å². The van der Waals surface area contributed by atoms with E-state index < -0.39 is 24.1 Å². The Kier molecular flexibility index (Phi) is 6.49. The van der Waals surface area contributed by atoms with Gasteiger partial charge in [-0.2, -0.15) is 4.98 Å². The number of rotatable bonds is 4. The Balaban J connectivity index is 1.71. The van der Waals surface area contributed by atoms with Crippen LogP contribution in [0, 0.1) is 11.8 Å². The maximum atomic E-state index is 12.1. The Morgan fingerprint density at radius 1 is 1.39 bits per heavy atom. The van der Waals surface area contributed by atoms with Gasteiger partial charge in [-0.15, -0.1) is 0 Å². The predicted molar refractivity (Wildman–Crippen MR) is 105 cm³/mol. The fourth-order valence-electron chi connectivity index (χ4n) is 2.72. The standard InChI is InChI=1S/C19H19N3O5S/c20-17-13(7-4-8-28-18(25)12-5-2-1-3-6-12)10-22(19(26)21-17)16-9-14(24)15(11-23)27-16/h1-3,5-6,10,14-16,23-24H,8-9,11H2,(H2,20,21,26)/t14-,15-,16-/m1/s1. The van der Waals surface area contributed by atoms with Gasteiger partial charge in [0.2, 0.25) is 5.12 Å². The molecule has 3 atom stereocenters. The SMILES string of the molecule is Nc1nc(=O)n([C@H]2C[C@@H](O)[C@@H](CO)O2)cc1C#CCSC(=O)c1ccccc1. The van der Waals surface area contributed by atoms with Crippen molar-refractivity contribution in [2.45, 2.75) is 24.9 Å². The normalized spacial score (nSPS) is 21.1. The van der Waals surface area contributed by atoms with Crippen LogP contribution in [0.15, 0.2) is 41.3 Å². The lowest BCUT2D eigenvalue weighted by Crippen LogP contribution is -2.28. The van der Waals surface area contributed by atoms with Crippen LogP contribution < -0.4 is 11.4 Å². The van der Waals surface area contributed by atoms with Gasteiger partial charge in [-0.25, -0.2) is 4.79 Å². The first-order valence-corrected chi connectivity index (χ1v) is 9.52. The summed E-state index contributed by atoms with van der Waals surface area (Å²) in [5, 5.41) is 18.9. The number of hydrogen-bond donors (Lipinski definition) is 3. The van der Waals surface area contributed by atoms with E-state index in [0.717, 1.165) is 11.8 Å². The Bertz CT molecular complexity index is 967. The number of hydrogen-bond acceptors (Lipinski definition) is 8. The van der Waals surface area contributed by atoms with Crippen molar-refractivity contribution in [3.8, 4) is 11.8 Å². The van der Waals surface area contributed by atoms with Gasteiger partial charge in [0.1, 0.15) is 18.1 Å². The number of thioether (sulfide) groups is 1. The summed E-state index contributed by atoms with van der Waals surface area (Å²) in [5.41, 5.74) is 6.05. The number of benzene rings is 1. The van der Waals surface area contributed by atoms with Gasteiger partial charge >= 0.3 is 5.69 Å². The molecule has 28 heavy (non-hydrogen) atoms. The van der Waals surface area contributed by atoms with Crippen LogP contribution in [0.5, 0.6) is 0 Å². The fourth-order valence-corrected chi connectivity index (χ4v) is 3.30. The van der Waals surface area contributed by atoms with Gasteiger partial charge < -0.3 is 20.7 Å². The van der Waals surface area contributed by atoms with Gasteiger partial charge in [0.05, 0.1) is 24.0 Å². The Labute approximate surface area is 165 Å². The first kappa shape index (κ1) is 20.1. The van der Waals surface area contributed by atoms with Crippen LogP contribution in [-0.2, 0) is 4.74 Å². The first-order chi connectivity index (χ1) is 13.5. The molecule has 0 saturated carbocycles. The summed E-state index contributed by atoms with van der Waals surface area (Å²) in [7, 11) is 0. The maximum Gasteiger partial charge on any atom is 0.351 e. The number of carbonyl (C=O) groups is 1. The summed E-state index contributed by atoms with van der Waals surface area (Å²) < 4.78 is 6.67. The molecule has 9 heteroatoms. The molecule has 1 saturated heterocycles. The average molecular weight is 401 g/mol. The second-order valence-electron chi connectivity index (χ2n) is 6.09. The highest BCUT2D eigenvalue weighted by Gasteiger charge is 2.35. The number of nitrogens with two attached hydrogens (primary N) is 1. The summed E-state index contributed by atoms with van der Waals surface area (Å²) in [5.74, 6) is 5.87. The Morgan fingerprint density at radius 2 is 2.14 bits per heavy atom. The van der Waals surface area contributed by atoms with Crippen molar-refractivity contribution in [1.29, 1.82) is 0 Å². The molecule has 0 unspecified atom stereocenters. The molecule has 2 heterocycles. The number of aliphatic hydroxyl groups is 2. The van der Waals surface area contributed by atoms with Crippen LogP contribution in [0.4, 0.5) is 5.82 Å². The highest BCUT2D eigenvalue weighted by atomic mass is 32.2. The second kappa shape index (κ2) is 9.03. The molecule has 1 aliphatic rings. The maximum absolute atomic E-state index is 12.1. The van der Waals surface area contributed by atoms with Gasteiger partial charge in [-0.05, 0) is 0 Å². The van der Waals surface area contributed by atoms with Crippen molar-refractivity contribution >= 4 is 22.7 Å². The average Bonchev–Trinajstić information content (AvgIpc) is 3.07. The first-order valence-electron chi connectivity index (χ1n) is 8.53. The number of nitrogens with zero attached hydrogens (tertiary/aromatic N) is 2. The number of nitrogen functional groups attached to an aromatic ring is 1. The van der Waals surface area contributed by atoms with Gasteiger partial charge in [0.15, 0.2) is 0 Å². The van der Waals surface area contributed by atoms with Crippen molar-refractivity contribution in [1.82, 2.24) is 9.55 Å². The van der Waals surface area contributed by atoms with Crippen molar-refractivity contribution in [3.63, 3.8) is 0 Å². The summed E-state index contributed by atoms with van der Waals surface area (Å²) in [6, 6.07) is 8.88. The smallest absolute Gasteiger partial charge is 0.351 e. The monoisotopic (exact) mass is 401 g/mol. The zero-order chi connectivity index (χ0) is 20.1. The van der Waals surface area contributed by atoms with Gasteiger partial charge in [0.25, 0.3) is 0 Å². The molecule has 1 fully saturated rings. The van der Waals surface area contributed by atoms with Crippen LogP contribution in [0.3, 0.4) is 0 Å². The molecular weight excluding hydrogens is 382 g/mol. The van der Waals surface area contributed by atoms with E-state index in [-0.39, 0.29) is 29.7 Å². The van der Waals surface area contributed by atoms with E-state index in [9.17, 15) is 19.8 Å². The molecule has 0 radical (unpaired) electrons. The van der Waals surface area contributed by atoms with E-state index in [4.69, 9.17) is 10.5 Å². The molecule has 3 rings (SSSR count). The van der Waals surface area contributed by atoms with Crippen molar-refractivity contribution in [3.05, 3.63) is 58.1 Å². The lowest BCUT2D eigenvalue weighted by molar-refractivity contribution is -0.0458. The molecule has 1 aromatic heterocycles. The third-order valence-corrected chi connectivity index (χ3v) is 4.97. The number of aromatic nitrogens is 2. The topological polar surface area (TPSA) is 128 Å². The third kappa shape index (κ3) is 4.61. The van der Waals surface area contributed by atoms with Crippen LogP contribution in [-0.4, -0.2) is 49.4 Å². The molecule has 0 bridgehead atoms. The van der Waals surface area contributed by atoms with Crippen LogP contribution in [0.25, 0.3) is 0 Å². The molecule has 4 N–H and O–H groups in total. The van der Waals surface area contributed by atoms with Crippen molar-refractivity contribution in [2.75, 3.05) is 18.1 Å². The van der Waals surface area contributed by atoms with Gasteiger partial charge in [-0.1, -0.05) is 53.9 Å². The highest BCUT2D eigenvalue weighted by Crippen LogP contribution is 2.27. The zero-order valence-electron chi connectivity index (χ0n) is 14.8. The van der Waals surface area contributed by atoms with Crippen molar-refractivity contribution in [2.24, 2.45) is 0 Å². The molecule has 0 amide bonds. The minimum atomic E-state index is -0.880. The Morgan fingerprint density at radius 3 is 2.82 bits per heavy atom. The molecule has 1 aromatic carbocycles. The number of aliphatic hydroxyl groups excluding tert-OH is 2. The lowest BCUT2D eigenvalue weighted by Gasteiger charge is -2.14. The quantitative estimate of drug-likeness (QED) is 0.628. The van der Waals surface area contributed by atoms with E-state index in [2.05, 4.69) is 16.8 Å². The van der Waals surface area contributed by atoms with E-state index in [0.29, 0.717) is 11.1 Å². The minimum absolute atomic E-state index is 0.0228. The molecular formula is C19H19N3O5S. The van der Waals surface area contributed by atoms with Gasteiger partial charge in [0, 0.05) is 18.2 Å². The molecule has 1 aliphatic heterocycles.